The van der Waals surface area contributed by atoms with Crippen LogP contribution in [0.5, 0.6) is 5.75 Å². The molecule has 1 aromatic rings. The minimum Gasteiger partial charge on any atom is -0.491 e. The normalized spacial score (nSPS) is 27.3. The monoisotopic (exact) mass is 447 g/mol. The zero-order chi connectivity index (χ0) is 23.5. The molecule has 2 unspecified atom stereocenters. The van der Waals surface area contributed by atoms with Gasteiger partial charge in [-0.1, -0.05) is 0 Å². The molecule has 9 heteroatoms. The molecule has 0 spiro atoms. The number of carbonyl (C=O) groups excluding carboxylic acids is 1. The molecule has 3 atom stereocenters. The summed E-state index contributed by atoms with van der Waals surface area (Å²) in [6.45, 7) is 9.59. The number of aliphatic hydroxyl groups excluding tert-OH is 1. The second kappa shape index (κ2) is 9.63. The first-order valence-corrected chi connectivity index (χ1v) is 10.9. The second-order valence-corrected chi connectivity index (χ2v) is 9.84. The summed E-state index contributed by atoms with van der Waals surface area (Å²) >= 11 is 0. The SMILES string of the molecule is CC(C)(C)OC(=O)ON1CC2CN(C[C@H](O)COc3ccc(C#N)cc3)CC(C1)C2(C)O. The number of carbonyl (C=O) groups is 1. The molecular formula is C23H33N3O6. The highest BCUT2D eigenvalue weighted by atomic mass is 16.8. The Labute approximate surface area is 189 Å². The molecule has 2 fully saturated rings. The predicted octanol–water partition coefficient (Wildman–Crippen LogP) is 1.78. The lowest BCUT2D eigenvalue weighted by molar-refractivity contribution is -0.232. The van der Waals surface area contributed by atoms with Crippen molar-refractivity contribution >= 4 is 6.16 Å². The molecule has 0 saturated carbocycles. The van der Waals surface area contributed by atoms with Crippen molar-refractivity contribution in [1.82, 2.24) is 9.96 Å². The summed E-state index contributed by atoms with van der Waals surface area (Å²) in [6, 6.07) is 8.79. The minimum atomic E-state index is -0.881. The minimum absolute atomic E-state index is 0.127. The van der Waals surface area contributed by atoms with Gasteiger partial charge in [0.1, 0.15) is 24.1 Å². The van der Waals surface area contributed by atoms with Gasteiger partial charge in [0.25, 0.3) is 0 Å². The number of hydroxylamine groups is 2. The Morgan fingerprint density at radius 1 is 1.22 bits per heavy atom. The molecule has 2 aliphatic rings. The highest BCUT2D eigenvalue weighted by Crippen LogP contribution is 2.38. The zero-order valence-corrected chi connectivity index (χ0v) is 19.2. The Bertz CT molecular complexity index is 812. The van der Waals surface area contributed by atoms with Crippen LogP contribution in [-0.2, 0) is 9.57 Å². The van der Waals surface area contributed by atoms with E-state index in [1.54, 1.807) is 50.1 Å². The largest absolute Gasteiger partial charge is 0.528 e. The number of ether oxygens (including phenoxy) is 2. The van der Waals surface area contributed by atoms with Crippen molar-refractivity contribution in [1.29, 1.82) is 5.26 Å². The molecule has 2 saturated heterocycles. The third-order valence-corrected chi connectivity index (χ3v) is 5.95. The summed E-state index contributed by atoms with van der Waals surface area (Å²) in [4.78, 5) is 19.5. The van der Waals surface area contributed by atoms with Crippen LogP contribution in [0.3, 0.4) is 0 Å². The Morgan fingerprint density at radius 2 is 1.81 bits per heavy atom. The Morgan fingerprint density at radius 3 is 2.34 bits per heavy atom. The van der Waals surface area contributed by atoms with Crippen molar-refractivity contribution in [3.05, 3.63) is 29.8 Å². The van der Waals surface area contributed by atoms with E-state index in [9.17, 15) is 15.0 Å². The topological polar surface area (TPSA) is 115 Å². The van der Waals surface area contributed by atoms with Crippen LogP contribution in [0.15, 0.2) is 24.3 Å². The second-order valence-electron chi connectivity index (χ2n) is 9.84. The van der Waals surface area contributed by atoms with Crippen molar-refractivity contribution in [3.63, 3.8) is 0 Å². The van der Waals surface area contributed by atoms with Crippen LogP contribution in [0, 0.1) is 23.2 Å². The maximum absolute atomic E-state index is 12.0. The number of piperidine rings is 2. The number of nitriles is 1. The molecule has 0 aliphatic carbocycles. The van der Waals surface area contributed by atoms with Crippen LogP contribution < -0.4 is 4.74 Å². The summed E-state index contributed by atoms with van der Waals surface area (Å²) in [5.74, 6) is 0.296. The van der Waals surface area contributed by atoms with Gasteiger partial charge in [-0.25, -0.2) is 4.79 Å². The van der Waals surface area contributed by atoms with Gasteiger partial charge in [0.05, 0.1) is 17.2 Å². The van der Waals surface area contributed by atoms with Crippen molar-refractivity contribution in [3.8, 4) is 11.8 Å². The number of fused-ring (bicyclic) bond motifs is 2. The molecule has 2 N–H and O–H groups in total. The molecule has 32 heavy (non-hydrogen) atoms. The third-order valence-electron chi connectivity index (χ3n) is 5.95. The summed E-state index contributed by atoms with van der Waals surface area (Å²) < 4.78 is 10.9. The number of benzene rings is 1. The number of likely N-dealkylation sites (tertiary alicyclic amines) is 1. The van der Waals surface area contributed by atoms with Crippen molar-refractivity contribution in [2.24, 2.45) is 11.8 Å². The fraction of sp³-hybridized carbons (Fsp3) is 0.652. The van der Waals surface area contributed by atoms with E-state index in [0.717, 1.165) is 0 Å². The van der Waals surface area contributed by atoms with E-state index < -0.39 is 23.5 Å². The van der Waals surface area contributed by atoms with E-state index in [1.807, 2.05) is 6.92 Å². The van der Waals surface area contributed by atoms with Crippen LogP contribution >= 0.6 is 0 Å². The van der Waals surface area contributed by atoms with E-state index in [1.165, 1.54) is 0 Å². The van der Waals surface area contributed by atoms with Crippen LogP contribution in [0.4, 0.5) is 4.79 Å². The van der Waals surface area contributed by atoms with E-state index in [4.69, 9.17) is 19.6 Å². The highest BCUT2D eigenvalue weighted by molar-refractivity contribution is 5.60. The average molecular weight is 448 g/mol. The smallest absolute Gasteiger partial charge is 0.491 e. The third kappa shape index (κ3) is 6.33. The van der Waals surface area contributed by atoms with Gasteiger partial charge in [0.2, 0.25) is 0 Å². The number of hydrogen-bond donors (Lipinski definition) is 2. The standard InChI is InChI=1S/C23H33N3O6/c1-22(2,3)31-21(28)32-26-12-17-10-25(11-18(13-26)23(17,4)29)14-19(27)15-30-20-7-5-16(9-24)6-8-20/h5-8,17-19,27,29H,10-15H2,1-4H3/t17?,18?,19-,23?/m0/s1. The molecule has 1 aromatic carbocycles. The van der Waals surface area contributed by atoms with Gasteiger partial charge in [-0.15, -0.1) is 5.06 Å². The van der Waals surface area contributed by atoms with E-state index in [0.29, 0.717) is 44.0 Å². The highest BCUT2D eigenvalue weighted by Gasteiger charge is 2.50. The van der Waals surface area contributed by atoms with Crippen molar-refractivity contribution < 1.29 is 29.3 Å². The van der Waals surface area contributed by atoms with Crippen LogP contribution in [-0.4, -0.2) is 83.0 Å². The first-order chi connectivity index (χ1) is 15.0. The molecule has 0 amide bonds. The Balaban J connectivity index is 1.50. The lowest BCUT2D eigenvalue weighted by atomic mass is 9.72. The molecule has 3 rings (SSSR count). The van der Waals surface area contributed by atoms with Gasteiger partial charge in [0, 0.05) is 44.6 Å². The number of aliphatic hydroxyl groups is 2. The average Bonchev–Trinajstić information content (AvgIpc) is 2.67. The Hall–Kier alpha value is -2.38. The molecule has 2 bridgehead atoms. The summed E-state index contributed by atoms with van der Waals surface area (Å²) in [5, 5.41) is 31.9. The van der Waals surface area contributed by atoms with Gasteiger partial charge in [0.15, 0.2) is 0 Å². The number of hydrogen-bond acceptors (Lipinski definition) is 9. The van der Waals surface area contributed by atoms with Crippen LogP contribution in [0.25, 0.3) is 0 Å². The van der Waals surface area contributed by atoms with Crippen LogP contribution in [0.1, 0.15) is 33.3 Å². The zero-order valence-electron chi connectivity index (χ0n) is 19.2. The maximum Gasteiger partial charge on any atom is 0.528 e. The van der Waals surface area contributed by atoms with Gasteiger partial charge >= 0.3 is 6.16 Å². The summed E-state index contributed by atoms with van der Waals surface area (Å²) in [6.07, 6.45) is -1.45. The predicted molar refractivity (Wildman–Crippen MR) is 116 cm³/mol. The van der Waals surface area contributed by atoms with Crippen molar-refractivity contribution in [2.75, 3.05) is 39.3 Å². The molecule has 2 aliphatic heterocycles. The molecule has 0 aromatic heterocycles. The number of rotatable bonds is 6. The first kappa shape index (κ1) is 24.3. The molecule has 2 heterocycles. The summed E-state index contributed by atoms with van der Waals surface area (Å²) in [7, 11) is 0. The molecular weight excluding hydrogens is 414 g/mol. The quantitative estimate of drug-likeness (QED) is 0.630. The molecule has 0 radical (unpaired) electrons. The molecule has 9 nitrogen and oxygen atoms in total. The fourth-order valence-corrected chi connectivity index (χ4v) is 4.22. The maximum atomic E-state index is 12.0. The number of nitrogens with zero attached hydrogens (tertiary/aromatic N) is 3. The fourth-order valence-electron chi connectivity index (χ4n) is 4.22. The van der Waals surface area contributed by atoms with E-state index in [2.05, 4.69) is 11.0 Å². The lowest BCUT2D eigenvalue weighted by Gasteiger charge is -2.53. The van der Waals surface area contributed by atoms with Gasteiger partial charge in [-0.2, -0.15) is 5.26 Å². The molecule has 176 valence electrons. The van der Waals surface area contributed by atoms with E-state index in [-0.39, 0.29) is 18.4 Å². The van der Waals surface area contributed by atoms with E-state index >= 15 is 0 Å². The van der Waals surface area contributed by atoms with Crippen molar-refractivity contribution in [2.45, 2.75) is 45.0 Å². The lowest BCUT2D eigenvalue weighted by Crippen LogP contribution is -2.66. The first-order valence-electron chi connectivity index (χ1n) is 10.9. The van der Waals surface area contributed by atoms with Gasteiger partial charge in [-0.05, 0) is 52.0 Å². The van der Waals surface area contributed by atoms with Crippen LogP contribution in [0.2, 0.25) is 0 Å². The van der Waals surface area contributed by atoms with Gasteiger partial charge in [-0.3, -0.25) is 4.90 Å². The summed E-state index contributed by atoms with van der Waals surface area (Å²) in [5.41, 5.74) is -0.968. The van der Waals surface area contributed by atoms with Gasteiger partial charge < -0.3 is 24.5 Å². The Kier molecular flexibility index (Phi) is 7.30. The number of β-amino-alcohol motifs (C(OH)–C–C–N with tert-alkyl or cyclic N) is 1.